The summed E-state index contributed by atoms with van der Waals surface area (Å²) in [5.41, 5.74) is -0.501. The van der Waals surface area contributed by atoms with Gasteiger partial charge in [0.15, 0.2) is 5.75 Å². The lowest BCUT2D eigenvalue weighted by Crippen LogP contribution is -2.09. The number of benzene rings is 1. The molecule has 0 aliphatic rings. The van der Waals surface area contributed by atoms with Crippen molar-refractivity contribution in [1.29, 1.82) is 0 Å². The van der Waals surface area contributed by atoms with Gasteiger partial charge in [0.25, 0.3) is 5.56 Å². The van der Waals surface area contributed by atoms with E-state index in [2.05, 4.69) is 9.97 Å². The number of aromatic hydroxyl groups is 1. The third kappa shape index (κ3) is 2.64. The SMILES string of the molecule is O=c1[nH]c(CSc2ccccc2)ncc1O. The van der Waals surface area contributed by atoms with Crippen LogP contribution in [-0.4, -0.2) is 15.1 Å². The number of H-pyrrole nitrogens is 1. The van der Waals surface area contributed by atoms with E-state index in [1.165, 1.54) is 6.20 Å². The van der Waals surface area contributed by atoms with Gasteiger partial charge >= 0.3 is 0 Å². The monoisotopic (exact) mass is 234 g/mol. The Morgan fingerprint density at radius 3 is 2.75 bits per heavy atom. The first-order valence-corrected chi connectivity index (χ1v) is 5.69. The minimum absolute atomic E-state index is 0.353. The van der Waals surface area contributed by atoms with Crippen LogP contribution in [0.1, 0.15) is 5.82 Å². The summed E-state index contributed by atoms with van der Waals surface area (Å²) in [4.78, 5) is 18.6. The molecule has 1 aromatic heterocycles. The number of rotatable bonds is 3. The lowest BCUT2D eigenvalue weighted by molar-refractivity contribution is 0.462. The van der Waals surface area contributed by atoms with Crippen molar-refractivity contribution in [3.05, 3.63) is 52.7 Å². The maximum Gasteiger partial charge on any atom is 0.293 e. The summed E-state index contributed by atoms with van der Waals surface area (Å²) in [6.45, 7) is 0. The molecule has 0 aliphatic heterocycles. The molecule has 2 aromatic rings. The summed E-state index contributed by atoms with van der Waals surface area (Å²) in [7, 11) is 0. The van der Waals surface area contributed by atoms with Crippen molar-refractivity contribution in [3.63, 3.8) is 0 Å². The van der Waals surface area contributed by atoms with E-state index >= 15 is 0 Å². The van der Waals surface area contributed by atoms with Crippen LogP contribution in [0.25, 0.3) is 0 Å². The van der Waals surface area contributed by atoms with Crippen LogP contribution in [0.4, 0.5) is 0 Å². The van der Waals surface area contributed by atoms with Crippen molar-refractivity contribution in [2.45, 2.75) is 10.6 Å². The molecule has 5 heteroatoms. The van der Waals surface area contributed by atoms with Crippen molar-refractivity contribution < 1.29 is 5.11 Å². The molecule has 4 nitrogen and oxygen atoms in total. The van der Waals surface area contributed by atoms with Crippen molar-refractivity contribution in [3.8, 4) is 5.75 Å². The molecule has 0 atom stereocenters. The maximum atomic E-state index is 11.1. The smallest absolute Gasteiger partial charge is 0.293 e. The van der Waals surface area contributed by atoms with Crippen LogP contribution < -0.4 is 5.56 Å². The number of hydrogen-bond acceptors (Lipinski definition) is 4. The van der Waals surface area contributed by atoms with Gasteiger partial charge in [-0.05, 0) is 12.1 Å². The van der Waals surface area contributed by atoms with Crippen molar-refractivity contribution in [1.82, 2.24) is 9.97 Å². The number of nitrogens with zero attached hydrogens (tertiary/aromatic N) is 1. The summed E-state index contributed by atoms with van der Waals surface area (Å²) in [5, 5.41) is 9.02. The molecule has 0 radical (unpaired) electrons. The highest BCUT2D eigenvalue weighted by Gasteiger charge is 2.01. The van der Waals surface area contributed by atoms with E-state index in [1.807, 2.05) is 30.3 Å². The molecule has 0 saturated carbocycles. The van der Waals surface area contributed by atoms with Gasteiger partial charge in [-0.1, -0.05) is 18.2 Å². The molecule has 2 N–H and O–H groups in total. The fourth-order valence-electron chi connectivity index (χ4n) is 1.17. The topological polar surface area (TPSA) is 66.0 Å². The van der Waals surface area contributed by atoms with E-state index in [9.17, 15) is 4.79 Å². The van der Waals surface area contributed by atoms with Gasteiger partial charge in [-0.15, -0.1) is 11.8 Å². The fraction of sp³-hybridized carbons (Fsp3) is 0.0909. The van der Waals surface area contributed by atoms with E-state index in [-0.39, 0.29) is 5.75 Å². The Morgan fingerprint density at radius 1 is 1.31 bits per heavy atom. The third-order valence-corrected chi connectivity index (χ3v) is 2.98. The van der Waals surface area contributed by atoms with Crippen LogP contribution in [-0.2, 0) is 5.75 Å². The predicted molar refractivity (Wildman–Crippen MR) is 62.5 cm³/mol. The number of thioether (sulfide) groups is 1. The molecule has 1 heterocycles. The molecule has 2 rings (SSSR count). The molecule has 0 spiro atoms. The third-order valence-electron chi connectivity index (χ3n) is 1.95. The molecule has 0 unspecified atom stereocenters. The molecule has 0 aliphatic carbocycles. The second-order valence-corrected chi connectivity index (χ2v) is 4.19. The zero-order valence-corrected chi connectivity index (χ0v) is 9.20. The number of aromatic amines is 1. The van der Waals surface area contributed by atoms with Gasteiger partial charge in [0.05, 0.1) is 11.9 Å². The predicted octanol–water partition coefficient (Wildman–Crippen LogP) is 1.77. The summed E-state index contributed by atoms with van der Waals surface area (Å²) in [5.74, 6) is 0.768. The molecule has 0 amide bonds. The van der Waals surface area contributed by atoms with Gasteiger partial charge in [0.2, 0.25) is 0 Å². The van der Waals surface area contributed by atoms with Gasteiger partial charge in [-0.3, -0.25) is 4.79 Å². The van der Waals surface area contributed by atoms with Crippen LogP contribution in [0.2, 0.25) is 0 Å². The normalized spacial score (nSPS) is 10.2. The highest BCUT2D eigenvalue weighted by Crippen LogP contribution is 2.20. The number of hydrogen-bond donors (Lipinski definition) is 2. The van der Waals surface area contributed by atoms with Gasteiger partial charge in [0.1, 0.15) is 5.82 Å². The zero-order chi connectivity index (χ0) is 11.4. The summed E-state index contributed by atoms with van der Waals surface area (Å²) >= 11 is 1.57. The van der Waals surface area contributed by atoms with Crippen LogP contribution >= 0.6 is 11.8 Å². The Morgan fingerprint density at radius 2 is 2.06 bits per heavy atom. The highest BCUT2D eigenvalue weighted by molar-refractivity contribution is 7.98. The first-order chi connectivity index (χ1) is 7.75. The Hall–Kier alpha value is -1.75. The highest BCUT2D eigenvalue weighted by atomic mass is 32.2. The average molecular weight is 234 g/mol. The van der Waals surface area contributed by atoms with Gasteiger partial charge in [0, 0.05) is 4.90 Å². The number of aromatic nitrogens is 2. The van der Waals surface area contributed by atoms with E-state index in [4.69, 9.17) is 5.11 Å². The Kier molecular flexibility index (Phi) is 3.26. The standard InChI is InChI=1S/C11H10N2O2S/c14-9-6-12-10(13-11(9)15)7-16-8-4-2-1-3-5-8/h1-6,14H,7H2,(H,12,13,15). The van der Waals surface area contributed by atoms with Crippen LogP contribution in [0, 0.1) is 0 Å². The molecule has 0 bridgehead atoms. The van der Waals surface area contributed by atoms with Crippen LogP contribution in [0.15, 0.2) is 46.2 Å². The Bertz CT molecular complexity index is 525. The van der Waals surface area contributed by atoms with E-state index in [0.29, 0.717) is 11.6 Å². The Balaban J connectivity index is 2.05. The van der Waals surface area contributed by atoms with Gasteiger partial charge < -0.3 is 10.1 Å². The quantitative estimate of drug-likeness (QED) is 0.794. The molecular formula is C11H10N2O2S. The molecular weight excluding hydrogens is 224 g/mol. The largest absolute Gasteiger partial charge is 0.502 e. The first-order valence-electron chi connectivity index (χ1n) is 4.71. The zero-order valence-electron chi connectivity index (χ0n) is 8.38. The summed E-state index contributed by atoms with van der Waals surface area (Å²) in [6, 6.07) is 9.84. The Labute approximate surface area is 96.4 Å². The van der Waals surface area contributed by atoms with E-state index in [1.54, 1.807) is 11.8 Å². The maximum absolute atomic E-state index is 11.1. The van der Waals surface area contributed by atoms with Crippen molar-refractivity contribution in [2.75, 3.05) is 0 Å². The van der Waals surface area contributed by atoms with Crippen LogP contribution in [0.5, 0.6) is 5.75 Å². The van der Waals surface area contributed by atoms with Crippen molar-refractivity contribution in [2.24, 2.45) is 0 Å². The lowest BCUT2D eigenvalue weighted by atomic mass is 10.4. The van der Waals surface area contributed by atoms with Crippen LogP contribution in [0.3, 0.4) is 0 Å². The minimum atomic E-state index is -0.501. The molecule has 16 heavy (non-hydrogen) atoms. The molecule has 0 fully saturated rings. The van der Waals surface area contributed by atoms with Gasteiger partial charge in [-0.25, -0.2) is 4.98 Å². The summed E-state index contributed by atoms with van der Waals surface area (Å²) < 4.78 is 0. The molecule has 0 saturated heterocycles. The fourth-order valence-corrected chi connectivity index (χ4v) is 1.97. The summed E-state index contributed by atoms with van der Waals surface area (Å²) in [6.07, 6.45) is 1.17. The van der Waals surface area contributed by atoms with E-state index in [0.717, 1.165) is 4.90 Å². The minimum Gasteiger partial charge on any atom is -0.502 e. The molecule has 82 valence electrons. The average Bonchev–Trinajstić information content (AvgIpc) is 2.32. The van der Waals surface area contributed by atoms with Gasteiger partial charge in [-0.2, -0.15) is 0 Å². The second-order valence-electron chi connectivity index (χ2n) is 3.15. The first kappa shape index (κ1) is 10.8. The second kappa shape index (κ2) is 4.85. The molecule has 1 aromatic carbocycles. The van der Waals surface area contributed by atoms with Crippen molar-refractivity contribution >= 4 is 11.8 Å². The lowest BCUT2D eigenvalue weighted by Gasteiger charge is -2.00. The number of nitrogens with one attached hydrogen (secondary N) is 1. The van der Waals surface area contributed by atoms with E-state index < -0.39 is 5.56 Å².